The summed E-state index contributed by atoms with van der Waals surface area (Å²) in [5.41, 5.74) is 4.86. The molecule has 0 saturated carbocycles. The molecule has 6 heteroatoms. The maximum absolute atomic E-state index is 12.5. The minimum Gasteiger partial charge on any atom is -0.411 e. The highest BCUT2D eigenvalue weighted by molar-refractivity contribution is 7.99. The summed E-state index contributed by atoms with van der Waals surface area (Å²) in [4.78, 5) is 16.4. The molecule has 0 aliphatic rings. The van der Waals surface area contributed by atoms with Crippen molar-refractivity contribution in [1.82, 2.24) is 15.2 Å². The van der Waals surface area contributed by atoms with Crippen LogP contribution in [-0.2, 0) is 0 Å². The maximum atomic E-state index is 12.5. The summed E-state index contributed by atoms with van der Waals surface area (Å²) < 4.78 is 5.59. The van der Waals surface area contributed by atoms with Crippen molar-refractivity contribution in [3.05, 3.63) is 58.9 Å². The van der Waals surface area contributed by atoms with Crippen LogP contribution >= 0.6 is 11.8 Å². The summed E-state index contributed by atoms with van der Waals surface area (Å²) in [6.45, 7) is 6.01. The second kappa shape index (κ2) is 6.97. The van der Waals surface area contributed by atoms with E-state index in [-0.39, 0.29) is 11.5 Å². The Hall–Kier alpha value is -2.47. The number of thioether (sulfide) groups is 1. The number of carbonyl (C=O) groups excluding carboxylic acids is 1. The largest absolute Gasteiger partial charge is 0.411 e. The van der Waals surface area contributed by atoms with Gasteiger partial charge in [-0.15, -0.1) is 10.2 Å². The lowest BCUT2D eigenvalue weighted by molar-refractivity contribution is 0.102. The third-order valence-corrected chi connectivity index (χ3v) is 4.62. The Morgan fingerprint density at radius 2 is 1.75 bits per heavy atom. The predicted octanol–water partition coefficient (Wildman–Crippen LogP) is 4.03. The Bertz CT molecular complexity index is 875. The van der Waals surface area contributed by atoms with Gasteiger partial charge < -0.3 is 4.42 Å². The molecule has 1 aromatic carbocycles. The van der Waals surface area contributed by atoms with E-state index in [1.54, 1.807) is 24.5 Å². The first-order valence-electron chi connectivity index (χ1n) is 7.52. The van der Waals surface area contributed by atoms with E-state index >= 15 is 0 Å². The fourth-order valence-corrected chi connectivity index (χ4v) is 2.99. The Kier molecular flexibility index (Phi) is 4.76. The van der Waals surface area contributed by atoms with Crippen LogP contribution in [0.1, 0.15) is 27.0 Å². The first-order chi connectivity index (χ1) is 11.5. The monoisotopic (exact) mass is 339 g/mol. The van der Waals surface area contributed by atoms with Crippen LogP contribution < -0.4 is 0 Å². The second-order valence-electron chi connectivity index (χ2n) is 5.57. The van der Waals surface area contributed by atoms with Gasteiger partial charge in [0.1, 0.15) is 0 Å². The number of hydrogen-bond acceptors (Lipinski definition) is 6. The van der Waals surface area contributed by atoms with Crippen LogP contribution in [0, 0.1) is 20.8 Å². The summed E-state index contributed by atoms with van der Waals surface area (Å²) in [6.07, 6.45) is 3.33. The lowest BCUT2D eigenvalue weighted by Crippen LogP contribution is -2.06. The Morgan fingerprint density at radius 3 is 2.50 bits per heavy atom. The number of Topliss-reactive ketones (excluding diaryl/α,β-unsaturated/α-hetero) is 1. The zero-order valence-electron chi connectivity index (χ0n) is 13.7. The number of ketones is 1. The van der Waals surface area contributed by atoms with Gasteiger partial charge in [0.2, 0.25) is 5.89 Å². The van der Waals surface area contributed by atoms with Crippen LogP contribution in [0.5, 0.6) is 0 Å². The molecule has 0 N–H and O–H groups in total. The number of rotatable bonds is 5. The zero-order chi connectivity index (χ0) is 17.1. The highest BCUT2D eigenvalue weighted by Crippen LogP contribution is 2.24. The summed E-state index contributed by atoms with van der Waals surface area (Å²) in [7, 11) is 0. The smallest absolute Gasteiger partial charge is 0.277 e. The van der Waals surface area contributed by atoms with Crippen molar-refractivity contribution in [3.63, 3.8) is 0 Å². The molecule has 0 aliphatic heterocycles. The average Bonchev–Trinajstić information content (AvgIpc) is 3.06. The van der Waals surface area contributed by atoms with E-state index in [9.17, 15) is 4.79 Å². The van der Waals surface area contributed by atoms with Crippen LogP contribution in [0.15, 0.2) is 46.3 Å². The van der Waals surface area contributed by atoms with Crippen LogP contribution in [0.3, 0.4) is 0 Å². The van der Waals surface area contributed by atoms with Gasteiger partial charge in [0.05, 0.1) is 5.75 Å². The van der Waals surface area contributed by atoms with Crippen LogP contribution in [0.25, 0.3) is 11.5 Å². The molecule has 0 aliphatic carbocycles. The van der Waals surface area contributed by atoms with Crippen LogP contribution in [0.4, 0.5) is 0 Å². The SMILES string of the molecule is Cc1cc(C)c(C(=O)CSc2nnc(-c3ccncc3)o2)cc1C. The average molecular weight is 339 g/mol. The summed E-state index contributed by atoms with van der Waals surface area (Å²) in [5.74, 6) is 0.750. The standard InChI is InChI=1S/C18H17N3O2S/c1-11-8-13(3)15(9-12(11)2)16(22)10-24-18-21-20-17(23-18)14-4-6-19-7-5-14/h4-9H,10H2,1-3H3. The molecule has 2 aromatic heterocycles. The number of nitrogens with zero attached hydrogens (tertiary/aromatic N) is 3. The molecule has 0 amide bonds. The number of pyridine rings is 1. The molecule has 24 heavy (non-hydrogen) atoms. The molecular weight excluding hydrogens is 322 g/mol. The molecule has 0 spiro atoms. The van der Waals surface area contributed by atoms with Gasteiger partial charge in [-0.1, -0.05) is 17.8 Å². The van der Waals surface area contributed by atoms with E-state index in [1.807, 2.05) is 32.9 Å². The number of carbonyl (C=O) groups is 1. The van der Waals surface area contributed by atoms with Crippen LogP contribution in [0.2, 0.25) is 0 Å². The third kappa shape index (κ3) is 3.54. The molecule has 3 aromatic rings. The Balaban J connectivity index is 1.69. The minimum absolute atomic E-state index is 0.0595. The fraction of sp³-hybridized carbons (Fsp3) is 0.222. The van der Waals surface area contributed by atoms with Crippen molar-refractivity contribution in [3.8, 4) is 11.5 Å². The lowest BCUT2D eigenvalue weighted by atomic mass is 9.99. The van der Waals surface area contributed by atoms with Crippen LogP contribution in [-0.4, -0.2) is 26.7 Å². The van der Waals surface area contributed by atoms with Crippen molar-refractivity contribution < 1.29 is 9.21 Å². The molecule has 0 unspecified atom stereocenters. The van der Waals surface area contributed by atoms with Crippen molar-refractivity contribution >= 4 is 17.5 Å². The Labute approximate surface area is 144 Å². The predicted molar refractivity (Wildman–Crippen MR) is 93.2 cm³/mol. The van der Waals surface area contributed by atoms with E-state index in [0.717, 1.165) is 22.3 Å². The van der Waals surface area contributed by atoms with Gasteiger partial charge in [-0.3, -0.25) is 9.78 Å². The van der Waals surface area contributed by atoms with E-state index in [2.05, 4.69) is 15.2 Å². The maximum Gasteiger partial charge on any atom is 0.277 e. The van der Waals surface area contributed by atoms with Gasteiger partial charge in [-0.05, 0) is 55.7 Å². The number of hydrogen-bond donors (Lipinski definition) is 0. The Morgan fingerprint density at radius 1 is 1.04 bits per heavy atom. The molecule has 0 fully saturated rings. The molecule has 0 bridgehead atoms. The highest BCUT2D eigenvalue weighted by Gasteiger charge is 2.14. The quantitative estimate of drug-likeness (QED) is 0.516. The molecule has 5 nitrogen and oxygen atoms in total. The van der Waals surface area contributed by atoms with E-state index in [0.29, 0.717) is 11.1 Å². The van der Waals surface area contributed by atoms with Gasteiger partial charge in [-0.25, -0.2) is 0 Å². The van der Waals surface area contributed by atoms with Crippen molar-refractivity contribution in [2.24, 2.45) is 0 Å². The normalized spacial score (nSPS) is 10.8. The van der Waals surface area contributed by atoms with Gasteiger partial charge in [0.15, 0.2) is 5.78 Å². The van der Waals surface area contributed by atoms with Crippen molar-refractivity contribution in [2.75, 3.05) is 5.75 Å². The molecular formula is C18H17N3O2S. The third-order valence-electron chi connectivity index (χ3n) is 3.80. The van der Waals surface area contributed by atoms with E-state index in [4.69, 9.17) is 4.42 Å². The topological polar surface area (TPSA) is 68.9 Å². The fourth-order valence-electron chi connectivity index (χ4n) is 2.35. The van der Waals surface area contributed by atoms with E-state index in [1.165, 1.54) is 17.3 Å². The zero-order valence-corrected chi connectivity index (χ0v) is 14.6. The molecule has 3 rings (SSSR count). The first-order valence-corrected chi connectivity index (χ1v) is 8.51. The lowest BCUT2D eigenvalue weighted by Gasteiger charge is -2.08. The summed E-state index contributed by atoms with van der Waals surface area (Å²) in [6, 6.07) is 7.59. The molecule has 0 radical (unpaired) electrons. The second-order valence-corrected chi connectivity index (χ2v) is 6.50. The number of aromatic nitrogens is 3. The number of aryl methyl sites for hydroxylation is 3. The number of benzene rings is 1. The highest BCUT2D eigenvalue weighted by atomic mass is 32.2. The van der Waals surface area contributed by atoms with Gasteiger partial charge in [-0.2, -0.15) is 0 Å². The molecule has 0 atom stereocenters. The molecule has 122 valence electrons. The van der Waals surface area contributed by atoms with Gasteiger partial charge >= 0.3 is 0 Å². The summed E-state index contributed by atoms with van der Waals surface area (Å²) >= 11 is 1.25. The van der Waals surface area contributed by atoms with Crippen molar-refractivity contribution in [2.45, 2.75) is 26.0 Å². The minimum atomic E-state index is 0.0595. The van der Waals surface area contributed by atoms with E-state index < -0.39 is 0 Å². The van der Waals surface area contributed by atoms with Gasteiger partial charge in [0, 0.05) is 23.5 Å². The first kappa shape index (κ1) is 16.4. The van der Waals surface area contributed by atoms with Gasteiger partial charge in [0.25, 0.3) is 5.22 Å². The van der Waals surface area contributed by atoms with Crippen molar-refractivity contribution in [1.29, 1.82) is 0 Å². The molecule has 2 heterocycles. The molecule has 0 saturated heterocycles. The summed E-state index contributed by atoms with van der Waals surface area (Å²) in [5, 5.41) is 8.38.